The van der Waals surface area contributed by atoms with E-state index in [9.17, 15) is 19.2 Å². The number of halogens is 1. The number of para-hydroxylation sites is 1. The Labute approximate surface area is 187 Å². The number of nitrogens with two attached hydrogens (primary N) is 1. The van der Waals surface area contributed by atoms with E-state index in [0.717, 1.165) is 0 Å². The summed E-state index contributed by atoms with van der Waals surface area (Å²) in [5, 5.41) is 21.2. The van der Waals surface area contributed by atoms with Crippen molar-refractivity contribution in [1.29, 1.82) is 5.26 Å². The molecule has 0 unspecified atom stereocenters. The van der Waals surface area contributed by atoms with Crippen molar-refractivity contribution in [2.45, 2.75) is 19.4 Å². The van der Waals surface area contributed by atoms with Gasteiger partial charge < -0.3 is 11.1 Å². The molecule has 33 heavy (non-hydrogen) atoms. The molecule has 0 atom stereocenters. The summed E-state index contributed by atoms with van der Waals surface area (Å²) in [4.78, 5) is 24.3. The molecule has 2 heterocycles. The number of nitrogens with zero attached hydrogens (tertiary/aromatic N) is 5. The topological polar surface area (TPSA) is 132 Å². The molecular formula is C23H20FN7O2. The number of aryl methyl sites for hydroxylation is 1. The second-order valence-corrected chi connectivity index (χ2v) is 7.34. The first-order chi connectivity index (χ1) is 16.0. The average Bonchev–Trinajstić information content (AvgIpc) is 3.14. The summed E-state index contributed by atoms with van der Waals surface area (Å²) >= 11 is 0. The van der Waals surface area contributed by atoms with Gasteiger partial charge in [0.25, 0.3) is 0 Å². The predicted octanol–water partition coefficient (Wildman–Crippen LogP) is 1.92. The Morgan fingerprint density at radius 2 is 1.94 bits per heavy atom. The maximum absolute atomic E-state index is 13.2. The third kappa shape index (κ3) is 4.57. The fourth-order valence-corrected chi connectivity index (χ4v) is 3.52. The van der Waals surface area contributed by atoms with Crippen LogP contribution < -0.4 is 16.5 Å². The number of aromatic nitrogens is 4. The van der Waals surface area contributed by atoms with Crippen LogP contribution in [0.4, 0.5) is 10.2 Å². The lowest BCUT2D eigenvalue weighted by Gasteiger charge is -2.09. The van der Waals surface area contributed by atoms with Gasteiger partial charge in [-0.05, 0) is 49.2 Å². The van der Waals surface area contributed by atoms with Gasteiger partial charge in [0.1, 0.15) is 29.8 Å². The summed E-state index contributed by atoms with van der Waals surface area (Å²) in [6.45, 7) is 0.321. The number of benzene rings is 2. The third-order valence-electron chi connectivity index (χ3n) is 5.14. The largest absolute Gasteiger partial charge is 0.382 e. The molecule has 1 amide bonds. The first-order valence-corrected chi connectivity index (χ1v) is 10.2. The number of carbonyl (C=O) groups is 1. The Morgan fingerprint density at radius 1 is 1.18 bits per heavy atom. The Balaban J connectivity index is 1.38. The second-order valence-electron chi connectivity index (χ2n) is 7.34. The van der Waals surface area contributed by atoms with Crippen LogP contribution in [-0.2, 0) is 17.8 Å². The van der Waals surface area contributed by atoms with Crippen LogP contribution in [0.3, 0.4) is 0 Å². The SMILES string of the molecule is N#Cc1c(CCCNC(=O)Cn2ncc(=O)c3ccccc32)nn(-c2ccc(F)cc2)c1N. The fourth-order valence-electron chi connectivity index (χ4n) is 3.52. The van der Waals surface area contributed by atoms with Gasteiger partial charge in [-0.25, -0.2) is 9.07 Å². The van der Waals surface area contributed by atoms with Crippen molar-refractivity contribution in [3.05, 3.63) is 82.0 Å². The molecule has 0 aliphatic rings. The van der Waals surface area contributed by atoms with E-state index in [-0.39, 0.29) is 35.1 Å². The van der Waals surface area contributed by atoms with Crippen LogP contribution in [0, 0.1) is 17.1 Å². The molecule has 10 heteroatoms. The van der Waals surface area contributed by atoms with E-state index in [2.05, 4.69) is 21.6 Å². The van der Waals surface area contributed by atoms with Gasteiger partial charge in [0.05, 0.1) is 23.1 Å². The molecule has 0 saturated heterocycles. The van der Waals surface area contributed by atoms with Crippen LogP contribution in [0.2, 0.25) is 0 Å². The maximum Gasteiger partial charge on any atom is 0.241 e. The Kier molecular flexibility index (Phi) is 6.13. The zero-order valence-electron chi connectivity index (χ0n) is 17.5. The van der Waals surface area contributed by atoms with Gasteiger partial charge in [0.2, 0.25) is 11.3 Å². The minimum absolute atomic E-state index is 0.0314. The third-order valence-corrected chi connectivity index (χ3v) is 5.14. The zero-order valence-corrected chi connectivity index (χ0v) is 17.5. The highest BCUT2D eigenvalue weighted by atomic mass is 19.1. The van der Waals surface area contributed by atoms with Crippen molar-refractivity contribution in [1.82, 2.24) is 24.9 Å². The predicted molar refractivity (Wildman–Crippen MR) is 120 cm³/mol. The molecule has 0 radical (unpaired) electrons. The van der Waals surface area contributed by atoms with E-state index in [4.69, 9.17) is 5.73 Å². The number of hydrogen-bond acceptors (Lipinski definition) is 6. The van der Waals surface area contributed by atoms with Crippen molar-refractivity contribution in [3.63, 3.8) is 0 Å². The summed E-state index contributed by atoms with van der Waals surface area (Å²) in [7, 11) is 0. The van der Waals surface area contributed by atoms with Crippen LogP contribution in [-0.4, -0.2) is 32.0 Å². The number of fused-ring (bicyclic) bond motifs is 1. The number of nitrogen functional groups attached to an aromatic ring is 1. The highest BCUT2D eigenvalue weighted by Gasteiger charge is 2.16. The molecule has 166 valence electrons. The summed E-state index contributed by atoms with van der Waals surface area (Å²) in [6, 6.07) is 14.7. The lowest BCUT2D eigenvalue weighted by molar-refractivity contribution is -0.121. The lowest BCUT2D eigenvalue weighted by Crippen LogP contribution is -2.30. The zero-order chi connectivity index (χ0) is 23.4. The van der Waals surface area contributed by atoms with Gasteiger partial charge in [-0.3, -0.25) is 14.3 Å². The van der Waals surface area contributed by atoms with Gasteiger partial charge in [-0.1, -0.05) is 12.1 Å². The van der Waals surface area contributed by atoms with Gasteiger partial charge in [0.15, 0.2) is 0 Å². The Hall–Kier alpha value is -4.52. The van der Waals surface area contributed by atoms with E-state index in [1.165, 1.54) is 39.8 Å². The quantitative estimate of drug-likeness (QED) is 0.418. The number of amides is 1. The molecule has 9 nitrogen and oxygen atoms in total. The van der Waals surface area contributed by atoms with Crippen LogP contribution in [0.1, 0.15) is 17.7 Å². The minimum Gasteiger partial charge on any atom is -0.382 e. The molecule has 0 spiro atoms. The molecule has 2 aromatic carbocycles. The first kappa shape index (κ1) is 21.7. The van der Waals surface area contributed by atoms with Crippen molar-refractivity contribution >= 4 is 22.6 Å². The van der Waals surface area contributed by atoms with Crippen LogP contribution >= 0.6 is 0 Å². The molecule has 2 aromatic heterocycles. The highest BCUT2D eigenvalue weighted by Crippen LogP contribution is 2.21. The number of nitrogens with one attached hydrogen (secondary N) is 1. The van der Waals surface area contributed by atoms with Crippen molar-refractivity contribution in [2.75, 3.05) is 12.3 Å². The number of hydrogen-bond donors (Lipinski definition) is 2. The standard InChI is InChI=1S/C23H20FN7O2/c24-15-7-9-16(10-8-15)31-23(26)18(12-25)19(29-31)5-3-11-27-22(33)14-30-20-6-2-1-4-17(20)21(32)13-28-30/h1-2,4,6-10,13H,3,5,11,14,26H2,(H,27,33). The van der Waals surface area contributed by atoms with E-state index in [0.29, 0.717) is 41.7 Å². The van der Waals surface area contributed by atoms with Crippen molar-refractivity contribution in [2.24, 2.45) is 0 Å². The number of anilines is 1. The van der Waals surface area contributed by atoms with E-state index in [1.807, 2.05) is 0 Å². The fraction of sp³-hybridized carbons (Fsp3) is 0.174. The smallest absolute Gasteiger partial charge is 0.241 e. The lowest BCUT2D eigenvalue weighted by atomic mass is 10.1. The van der Waals surface area contributed by atoms with E-state index in [1.54, 1.807) is 24.3 Å². The monoisotopic (exact) mass is 445 g/mol. The normalized spacial score (nSPS) is 10.8. The maximum atomic E-state index is 13.2. The molecule has 0 saturated carbocycles. The Bertz CT molecular complexity index is 1420. The second kappa shape index (κ2) is 9.32. The van der Waals surface area contributed by atoms with Gasteiger partial charge in [-0.15, -0.1) is 0 Å². The molecule has 0 aliphatic carbocycles. The van der Waals surface area contributed by atoms with Crippen LogP contribution in [0.25, 0.3) is 16.6 Å². The highest BCUT2D eigenvalue weighted by molar-refractivity contribution is 5.81. The van der Waals surface area contributed by atoms with Crippen molar-refractivity contribution in [3.8, 4) is 11.8 Å². The van der Waals surface area contributed by atoms with E-state index < -0.39 is 0 Å². The molecule has 3 N–H and O–H groups in total. The first-order valence-electron chi connectivity index (χ1n) is 10.2. The van der Waals surface area contributed by atoms with Gasteiger partial charge in [0, 0.05) is 11.9 Å². The molecule has 4 rings (SSSR count). The average molecular weight is 445 g/mol. The Morgan fingerprint density at radius 3 is 2.70 bits per heavy atom. The van der Waals surface area contributed by atoms with E-state index >= 15 is 0 Å². The van der Waals surface area contributed by atoms with Crippen LogP contribution in [0.5, 0.6) is 0 Å². The molecule has 4 aromatic rings. The van der Waals surface area contributed by atoms with Crippen LogP contribution in [0.15, 0.2) is 59.5 Å². The number of carbonyl (C=O) groups excluding carboxylic acids is 1. The molecular weight excluding hydrogens is 425 g/mol. The molecule has 0 aliphatic heterocycles. The molecule has 0 fully saturated rings. The van der Waals surface area contributed by atoms with Crippen molar-refractivity contribution < 1.29 is 9.18 Å². The van der Waals surface area contributed by atoms with Gasteiger partial charge in [-0.2, -0.15) is 15.5 Å². The summed E-state index contributed by atoms with van der Waals surface area (Å²) in [5.74, 6) is -0.459. The van der Waals surface area contributed by atoms with Gasteiger partial charge >= 0.3 is 0 Å². The summed E-state index contributed by atoms with van der Waals surface area (Å²) in [6.07, 6.45) is 2.14. The molecule has 0 bridgehead atoms. The number of rotatable bonds is 7. The summed E-state index contributed by atoms with van der Waals surface area (Å²) in [5.41, 5.74) is 7.75. The number of nitriles is 1. The minimum atomic E-state index is -0.383. The summed E-state index contributed by atoms with van der Waals surface area (Å²) < 4.78 is 16.1.